The van der Waals surface area contributed by atoms with Crippen molar-refractivity contribution in [2.45, 2.75) is 19.8 Å². The van der Waals surface area contributed by atoms with Crippen LogP contribution in [0.1, 0.15) is 24.5 Å². The molecular formula is C13H14O2. The van der Waals surface area contributed by atoms with Crippen LogP contribution in [0.3, 0.4) is 0 Å². The van der Waals surface area contributed by atoms with Gasteiger partial charge in [-0.05, 0) is 24.0 Å². The highest BCUT2D eigenvalue weighted by molar-refractivity contribution is 5.78. The molecular weight excluding hydrogens is 188 g/mol. The van der Waals surface area contributed by atoms with Crippen LogP contribution < -0.4 is 0 Å². The first-order valence-electron chi connectivity index (χ1n) is 5.23. The van der Waals surface area contributed by atoms with Gasteiger partial charge in [-0.15, -0.1) is 0 Å². The summed E-state index contributed by atoms with van der Waals surface area (Å²) in [6, 6.07) is 8.08. The summed E-state index contributed by atoms with van der Waals surface area (Å²) < 4.78 is 0. The Balaban J connectivity index is 2.27. The van der Waals surface area contributed by atoms with E-state index in [2.05, 4.69) is 6.07 Å². The number of aliphatic carboxylic acids is 1. The van der Waals surface area contributed by atoms with Gasteiger partial charge in [0.25, 0.3) is 0 Å². The number of carboxylic acid groups (broad SMARTS) is 1. The van der Waals surface area contributed by atoms with Crippen molar-refractivity contribution in [3.8, 4) is 0 Å². The summed E-state index contributed by atoms with van der Waals surface area (Å²) >= 11 is 0. The summed E-state index contributed by atoms with van der Waals surface area (Å²) in [7, 11) is 0. The Labute approximate surface area is 89.2 Å². The van der Waals surface area contributed by atoms with E-state index in [1.165, 1.54) is 11.1 Å². The topological polar surface area (TPSA) is 37.3 Å². The molecule has 0 saturated heterocycles. The number of hydrogen-bond acceptors (Lipinski definition) is 1. The monoisotopic (exact) mass is 202 g/mol. The zero-order chi connectivity index (χ0) is 10.8. The smallest absolute Gasteiger partial charge is 0.310 e. The largest absolute Gasteiger partial charge is 0.481 e. The molecule has 0 heterocycles. The van der Waals surface area contributed by atoms with Gasteiger partial charge in [-0.3, -0.25) is 4.79 Å². The van der Waals surface area contributed by atoms with Crippen LogP contribution in [0, 0.1) is 5.92 Å². The van der Waals surface area contributed by atoms with E-state index >= 15 is 0 Å². The number of benzene rings is 1. The summed E-state index contributed by atoms with van der Waals surface area (Å²) in [5.74, 6) is -1.03. The Morgan fingerprint density at radius 2 is 2.20 bits per heavy atom. The molecule has 1 aliphatic rings. The van der Waals surface area contributed by atoms with Crippen molar-refractivity contribution in [2.75, 3.05) is 0 Å². The predicted octanol–water partition coefficient (Wildman–Crippen LogP) is 2.74. The lowest BCUT2D eigenvalue weighted by Crippen LogP contribution is -2.15. The number of carbonyl (C=O) groups is 1. The fraction of sp³-hybridized carbons (Fsp3) is 0.308. The van der Waals surface area contributed by atoms with Crippen molar-refractivity contribution in [1.82, 2.24) is 0 Å². The Bertz CT molecular complexity index is 418. The van der Waals surface area contributed by atoms with Gasteiger partial charge in [0.1, 0.15) is 0 Å². The van der Waals surface area contributed by atoms with Crippen LogP contribution in [0.15, 0.2) is 29.8 Å². The third kappa shape index (κ3) is 1.80. The molecule has 0 fully saturated rings. The van der Waals surface area contributed by atoms with Crippen LogP contribution in [0.5, 0.6) is 0 Å². The van der Waals surface area contributed by atoms with Crippen molar-refractivity contribution in [1.29, 1.82) is 0 Å². The van der Waals surface area contributed by atoms with Gasteiger partial charge < -0.3 is 5.11 Å². The number of hydrogen-bond donors (Lipinski definition) is 1. The highest BCUT2D eigenvalue weighted by Crippen LogP contribution is 2.30. The zero-order valence-electron chi connectivity index (χ0n) is 8.73. The zero-order valence-corrected chi connectivity index (χ0v) is 8.73. The number of carboxylic acids is 1. The van der Waals surface area contributed by atoms with Gasteiger partial charge in [0.15, 0.2) is 0 Å². The van der Waals surface area contributed by atoms with Crippen LogP contribution in [0.25, 0.3) is 6.08 Å². The predicted molar refractivity (Wildman–Crippen MR) is 59.5 cm³/mol. The van der Waals surface area contributed by atoms with E-state index in [4.69, 9.17) is 5.11 Å². The normalized spacial score (nSPS) is 15.7. The van der Waals surface area contributed by atoms with Crippen molar-refractivity contribution in [2.24, 2.45) is 5.92 Å². The summed E-state index contributed by atoms with van der Waals surface area (Å²) in [6.45, 7) is 1.92. The van der Waals surface area contributed by atoms with Gasteiger partial charge in [-0.1, -0.05) is 42.8 Å². The molecule has 0 aromatic heterocycles. The lowest BCUT2D eigenvalue weighted by atomic mass is 9.95. The third-order valence-corrected chi connectivity index (χ3v) is 2.94. The van der Waals surface area contributed by atoms with Gasteiger partial charge >= 0.3 is 5.97 Å². The summed E-state index contributed by atoms with van der Waals surface area (Å²) in [4.78, 5) is 11.0. The van der Waals surface area contributed by atoms with Crippen LogP contribution in [-0.4, -0.2) is 11.1 Å². The molecule has 2 rings (SSSR count). The van der Waals surface area contributed by atoms with Gasteiger partial charge in [0, 0.05) is 0 Å². The van der Waals surface area contributed by atoms with E-state index < -0.39 is 5.97 Å². The average molecular weight is 202 g/mol. The molecule has 15 heavy (non-hydrogen) atoms. The lowest BCUT2D eigenvalue weighted by Gasteiger charge is -2.10. The molecule has 0 aliphatic heterocycles. The molecule has 0 amide bonds. The van der Waals surface area contributed by atoms with Gasteiger partial charge in [-0.2, -0.15) is 0 Å². The Morgan fingerprint density at radius 1 is 1.47 bits per heavy atom. The minimum atomic E-state index is -0.712. The first-order chi connectivity index (χ1) is 7.22. The van der Waals surface area contributed by atoms with E-state index in [9.17, 15) is 4.79 Å². The molecule has 1 N–H and O–H groups in total. The maximum absolute atomic E-state index is 11.0. The fourth-order valence-electron chi connectivity index (χ4n) is 2.13. The SMILES string of the molecule is CCC(C(=O)O)C1=Cc2ccccc2C1. The molecule has 78 valence electrons. The van der Waals surface area contributed by atoms with Crippen LogP contribution in [0.4, 0.5) is 0 Å². The first kappa shape index (κ1) is 9.97. The van der Waals surface area contributed by atoms with Crippen molar-refractivity contribution < 1.29 is 9.90 Å². The fourth-order valence-corrected chi connectivity index (χ4v) is 2.13. The minimum Gasteiger partial charge on any atom is -0.481 e. The van der Waals surface area contributed by atoms with E-state index in [1.807, 2.05) is 31.2 Å². The second-order valence-electron chi connectivity index (χ2n) is 3.89. The lowest BCUT2D eigenvalue weighted by molar-refractivity contribution is -0.140. The Morgan fingerprint density at radius 3 is 2.80 bits per heavy atom. The first-order valence-corrected chi connectivity index (χ1v) is 5.23. The quantitative estimate of drug-likeness (QED) is 0.818. The summed E-state index contributed by atoms with van der Waals surface area (Å²) in [5, 5.41) is 9.07. The molecule has 1 aromatic carbocycles. The molecule has 1 aliphatic carbocycles. The molecule has 0 radical (unpaired) electrons. The maximum Gasteiger partial charge on any atom is 0.310 e. The van der Waals surface area contributed by atoms with Crippen molar-refractivity contribution in [3.05, 3.63) is 41.0 Å². The molecule has 0 saturated carbocycles. The molecule has 2 heteroatoms. The van der Waals surface area contributed by atoms with Crippen LogP contribution in [-0.2, 0) is 11.2 Å². The second kappa shape index (κ2) is 3.89. The van der Waals surface area contributed by atoms with Gasteiger partial charge in [-0.25, -0.2) is 0 Å². The standard InChI is InChI=1S/C13H14O2/c1-2-12(13(14)15)11-7-9-5-3-4-6-10(9)8-11/h3-7,12H,2,8H2,1H3,(H,14,15). The molecule has 0 bridgehead atoms. The Hall–Kier alpha value is -1.57. The highest BCUT2D eigenvalue weighted by Gasteiger charge is 2.24. The van der Waals surface area contributed by atoms with Crippen molar-refractivity contribution >= 4 is 12.0 Å². The Kier molecular flexibility index (Phi) is 2.58. The minimum absolute atomic E-state index is 0.322. The van der Waals surface area contributed by atoms with E-state index in [0.717, 1.165) is 12.0 Å². The van der Waals surface area contributed by atoms with E-state index in [0.29, 0.717) is 6.42 Å². The van der Waals surface area contributed by atoms with E-state index in [1.54, 1.807) is 0 Å². The molecule has 1 atom stereocenters. The van der Waals surface area contributed by atoms with Gasteiger partial charge in [0.05, 0.1) is 5.92 Å². The van der Waals surface area contributed by atoms with E-state index in [-0.39, 0.29) is 5.92 Å². The number of rotatable bonds is 3. The van der Waals surface area contributed by atoms with Crippen LogP contribution in [0.2, 0.25) is 0 Å². The summed E-state index contributed by atoms with van der Waals surface area (Å²) in [6.07, 6.45) is 3.48. The average Bonchev–Trinajstić information content (AvgIpc) is 2.61. The summed E-state index contributed by atoms with van der Waals surface area (Å²) in [5.41, 5.74) is 3.45. The van der Waals surface area contributed by atoms with Crippen LogP contribution >= 0.6 is 0 Å². The maximum atomic E-state index is 11.0. The highest BCUT2D eigenvalue weighted by atomic mass is 16.4. The molecule has 2 nitrogen and oxygen atoms in total. The van der Waals surface area contributed by atoms with Crippen molar-refractivity contribution in [3.63, 3.8) is 0 Å². The molecule has 1 unspecified atom stereocenters. The second-order valence-corrected chi connectivity index (χ2v) is 3.89. The number of fused-ring (bicyclic) bond motifs is 1. The third-order valence-electron chi connectivity index (χ3n) is 2.94. The van der Waals surface area contributed by atoms with Gasteiger partial charge in [0.2, 0.25) is 0 Å². The molecule has 0 spiro atoms. The molecule has 1 aromatic rings.